The number of amides is 1. The van der Waals surface area contributed by atoms with Gasteiger partial charge in [-0.1, -0.05) is 55.5 Å². The largest absolute Gasteiger partial charge is 0.312 e. The maximum absolute atomic E-state index is 13.9. The zero-order valence-electron chi connectivity index (χ0n) is 15.3. The van der Waals surface area contributed by atoms with Crippen molar-refractivity contribution in [2.24, 2.45) is 11.8 Å². The quantitative estimate of drug-likeness (QED) is 0.765. The van der Waals surface area contributed by atoms with E-state index >= 15 is 0 Å². The zero-order valence-corrected chi connectivity index (χ0v) is 15.3. The molecule has 0 spiro atoms. The summed E-state index contributed by atoms with van der Waals surface area (Å²) in [5.74, 6) is -0.357. The van der Waals surface area contributed by atoms with Gasteiger partial charge in [-0.15, -0.1) is 0 Å². The van der Waals surface area contributed by atoms with Crippen molar-refractivity contribution < 1.29 is 9.59 Å². The summed E-state index contributed by atoms with van der Waals surface area (Å²) in [5.41, 5.74) is 0.978. The molecule has 1 heterocycles. The number of hydrogen-bond donors (Lipinski definition) is 0. The van der Waals surface area contributed by atoms with Crippen LogP contribution in [0.15, 0.2) is 60.7 Å². The van der Waals surface area contributed by atoms with E-state index in [1.54, 1.807) is 0 Å². The molecule has 1 unspecified atom stereocenters. The third-order valence-corrected chi connectivity index (χ3v) is 6.33. The van der Waals surface area contributed by atoms with E-state index in [9.17, 15) is 9.59 Å². The summed E-state index contributed by atoms with van der Waals surface area (Å²) >= 11 is 0. The number of fused-ring (bicyclic) bond motifs is 1. The Morgan fingerprint density at radius 3 is 2.30 bits per heavy atom. The summed E-state index contributed by atoms with van der Waals surface area (Å²) in [7, 11) is 0. The molecule has 1 saturated carbocycles. The second-order valence-electron chi connectivity index (χ2n) is 7.56. The van der Waals surface area contributed by atoms with Gasteiger partial charge in [0.2, 0.25) is 11.7 Å². The minimum absolute atomic E-state index is 0.0116. The molecule has 4 atom stereocenters. The summed E-state index contributed by atoms with van der Waals surface area (Å²) in [6, 6.07) is 18.7. The Labute approximate surface area is 159 Å². The molecule has 2 aromatic carbocycles. The van der Waals surface area contributed by atoms with Gasteiger partial charge < -0.3 is 9.74 Å². The molecule has 4 heteroatoms. The fourth-order valence-corrected chi connectivity index (χ4v) is 4.99. The number of carbonyl (C=O) groups excluding carboxylic acids is 2. The summed E-state index contributed by atoms with van der Waals surface area (Å²) < 4.78 is 0. The van der Waals surface area contributed by atoms with E-state index < -0.39 is 11.5 Å². The summed E-state index contributed by atoms with van der Waals surface area (Å²) in [6.07, 6.45) is 1.03. The van der Waals surface area contributed by atoms with E-state index in [0.29, 0.717) is 6.54 Å². The van der Waals surface area contributed by atoms with Gasteiger partial charge in [-0.2, -0.15) is 0 Å². The standard InChI is InChI=1S/C23H22N2O2/c1-16-19-13-14-25(18-11-7-4-8-12-18)22(27)23(19,15-20(24-2)21(16)26)17-9-5-3-6-10-17/h3-12,16,19-20H,13-15H2,1H3/t16-,19-,20?,23+/m1/s1. The van der Waals surface area contributed by atoms with E-state index in [1.807, 2.05) is 72.5 Å². The van der Waals surface area contributed by atoms with Crippen LogP contribution < -0.4 is 4.90 Å². The molecule has 0 bridgehead atoms. The molecule has 136 valence electrons. The lowest BCUT2D eigenvalue weighted by Crippen LogP contribution is -2.63. The Balaban J connectivity index is 1.88. The van der Waals surface area contributed by atoms with Gasteiger partial charge in [-0.05, 0) is 30.0 Å². The van der Waals surface area contributed by atoms with E-state index in [-0.39, 0.29) is 29.9 Å². The fourth-order valence-electron chi connectivity index (χ4n) is 4.99. The van der Waals surface area contributed by atoms with Gasteiger partial charge >= 0.3 is 0 Å². The summed E-state index contributed by atoms with van der Waals surface area (Å²) in [5, 5.41) is 0. The number of ketones is 1. The number of benzene rings is 2. The van der Waals surface area contributed by atoms with Crippen molar-refractivity contribution in [3.8, 4) is 0 Å². The number of Topliss-reactive ketones (excluding diaryl/α,β-unsaturated/α-hetero) is 1. The average Bonchev–Trinajstić information content (AvgIpc) is 2.72. The van der Waals surface area contributed by atoms with Gasteiger partial charge in [0.05, 0.1) is 5.41 Å². The number of para-hydroxylation sites is 1. The number of piperidine rings is 1. The van der Waals surface area contributed by atoms with Crippen molar-refractivity contribution in [1.29, 1.82) is 0 Å². The first-order valence-corrected chi connectivity index (χ1v) is 9.42. The third-order valence-electron chi connectivity index (χ3n) is 6.33. The van der Waals surface area contributed by atoms with E-state index in [2.05, 4.69) is 4.85 Å². The molecule has 0 aromatic heterocycles. The van der Waals surface area contributed by atoms with E-state index in [0.717, 1.165) is 17.7 Å². The molecule has 1 saturated heterocycles. The van der Waals surface area contributed by atoms with Crippen LogP contribution in [0.3, 0.4) is 0 Å². The lowest BCUT2D eigenvalue weighted by molar-refractivity contribution is -0.138. The minimum atomic E-state index is -0.822. The smallest absolute Gasteiger partial charge is 0.282 e. The predicted octanol–water partition coefficient (Wildman–Crippen LogP) is 3.87. The van der Waals surface area contributed by atoms with Gasteiger partial charge in [0, 0.05) is 24.6 Å². The Morgan fingerprint density at radius 1 is 1.04 bits per heavy atom. The van der Waals surface area contributed by atoms with Crippen molar-refractivity contribution in [3.05, 3.63) is 77.6 Å². The molecule has 1 aliphatic carbocycles. The van der Waals surface area contributed by atoms with Crippen molar-refractivity contribution in [1.82, 2.24) is 0 Å². The van der Waals surface area contributed by atoms with E-state index in [4.69, 9.17) is 6.57 Å². The highest BCUT2D eigenvalue weighted by atomic mass is 16.2. The van der Waals surface area contributed by atoms with Gasteiger partial charge in [0.15, 0.2) is 0 Å². The van der Waals surface area contributed by atoms with Crippen LogP contribution in [0.4, 0.5) is 5.69 Å². The fraction of sp³-hybridized carbons (Fsp3) is 0.348. The van der Waals surface area contributed by atoms with Gasteiger partial charge in [0.1, 0.15) is 0 Å². The molecule has 1 amide bonds. The second kappa shape index (κ2) is 6.66. The SMILES string of the molecule is [C-]#[N+]C1C[C@@]2(c3ccccc3)C(=O)N(c3ccccc3)CC[C@@H]2[C@@H](C)C1=O. The zero-order chi connectivity index (χ0) is 19.0. The lowest BCUT2D eigenvalue weighted by atomic mass is 9.54. The maximum atomic E-state index is 13.9. The molecule has 2 aromatic rings. The number of nitrogens with zero attached hydrogens (tertiary/aromatic N) is 2. The van der Waals surface area contributed by atoms with Gasteiger partial charge in [-0.25, -0.2) is 6.57 Å². The van der Waals surface area contributed by atoms with Crippen LogP contribution in [0.2, 0.25) is 0 Å². The summed E-state index contributed by atoms with van der Waals surface area (Å²) in [4.78, 5) is 32.1. The maximum Gasteiger partial charge on any atom is 0.282 e. The highest BCUT2D eigenvalue weighted by Gasteiger charge is 2.61. The molecule has 0 radical (unpaired) electrons. The van der Waals surface area contributed by atoms with Crippen molar-refractivity contribution in [2.45, 2.75) is 31.2 Å². The van der Waals surface area contributed by atoms with Crippen LogP contribution in [0.1, 0.15) is 25.3 Å². The molecular formula is C23H22N2O2. The Hall–Kier alpha value is -2.93. The first kappa shape index (κ1) is 17.5. The number of carbonyl (C=O) groups is 2. The highest BCUT2D eigenvalue weighted by molar-refractivity contribution is 6.05. The minimum Gasteiger partial charge on any atom is -0.312 e. The predicted molar refractivity (Wildman–Crippen MR) is 104 cm³/mol. The van der Waals surface area contributed by atoms with Crippen LogP contribution in [0.5, 0.6) is 0 Å². The Morgan fingerprint density at radius 2 is 1.67 bits per heavy atom. The molecular weight excluding hydrogens is 336 g/mol. The van der Waals surface area contributed by atoms with Crippen molar-refractivity contribution in [3.63, 3.8) is 0 Å². The highest BCUT2D eigenvalue weighted by Crippen LogP contribution is 2.51. The first-order chi connectivity index (χ1) is 13.1. The van der Waals surface area contributed by atoms with Crippen LogP contribution in [-0.4, -0.2) is 24.3 Å². The Kier molecular flexibility index (Phi) is 4.31. The average molecular weight is 358 g/mol. The monoisotopic (exact) mass is 358 g/mol. The van der Waals surface area contributed by atoms with E-state index in [1.165, 1.54) is 0 Å². The van der Waals surface area contributed by atoms with Crippen LogP contribution in [-0.2, 0) is 15.0 Å². The van der Waals surface area contributed by atoms with Crippen molar-refractivity contribution >= 4 is 17.4 Å². The van der Waals surface area contributed by atoms with Gasteiger partial charge in [0.25, 0.3) is 6.04 Å². The molecule has 27 heavy (non-hydrogen) atoms. The second-order valence-corrected chi connectivity index (χ2v) is 7.56. The molecule has 1 aliphatic heterocycles. The first-order valence-electron chi connectivity index (χ1n) is 9.42. The molecule has 4 rings (SSSR count). The normalized spacial score (nSPS) is 30.5. The van der Waals surface area contributed by atoms with Crippen LogP contribution >= 0.6 is 0 Å². The van der Waals surface area contributed by atoms with Crippen LogP contribution in [0, 0.1) is 18.4 Å². The Bertz CT molecular complexity index is 903. The third kappa shape index (κ3) is 2.57. The molecule has 2 aliphatic rings. The topological polar surface area (TPSA) is 41.7 Å². The number of anilines is 1. The summed E-state index contributed by atoms with van der Waals surface area (Å²) in [6.45, 7) is 10.0. The molecule has 0 N–H and O–H groups in total. The molecule has 2 fully saturated rings. The van der Waals surface area contributed by atoms with Crippen molar-refractivity contribution in [2.75, 3.05) is 11.4 Å². The molecule has 4 nitrogen and oxygen atoms in total. The number of hydrogen-bond acceptors (Lipinski definition) is 2. The van der Waals surface area contributed by atoms with Gasteiger partial charge in [-0.3, -0.25) is 9.59 Å². The number of rotatable bonds is 2. The lowest BCUT2D eigenvalue weighted by Gasteiger charge is -2.51. The van der Waals surface area contributed by atoms with Crippen LogP contribution in [0.25, 0.3) is 4.85 Å².